The fourth-order valence-electron chi connectivity index (χ4n) is 1.60. The summed E-state index contributed by atoms with van der Waals surface area (Å²) in [7, 11) is 0. The molecule has 0 radical (unpaired) electrons. The smallest absolute Gasteiger partial charge is 0.410 e. The van der Waals surface area contributed by atoms with Crippen LogP contribution < -0.4 is 10.1 Å². The summed E-state index contributed by atoms with van der Waals surface area (Å²) >= 11 is 0. The minimum atomic E-state index is -0.556. The van der Waals surface area contributed by atoms with Gasteiger partial charge in [0.15, 0.2) is 0 Å². The summed E-state index contributed by atoms with van der Waals surface area (Å²) in [5, 5.41) is 11.4. The van der Waals surface area contributed by atoms with Crippen molar-refractivity contribution in [1.82, 2.24) is 0 Å². The van der Waals surface area contributed by atoms with E-state index in [0.29, 0.717) is 17.0 Å². The number of hydrogen-bond acceptors (Lipinski definition) is 3. The molecule has 0 aliphatic rings. The zero-order chi connectivity index (χ0) is 13.7. The quantitative estimate of drug-likeness (QED) is 0.890. The lowest BCUT2D eigenvalue weighted by Crippen LogP contribution is -2.17. The van der Waals surface area contributed by atoms with E-state index in [2.05, 4.69) is 5.32 Å². The first-order valence-electron chi connectivity index (χ1n) is 5.73. The Morgan fingerprint density at radius 1 is 1.21 bits per heavy atom. The Balaban J connectivity index is 2.05. The fourth-order valence-corrected chi connectivity index (χ4v) is 1.60. The lowest BCUT2D eigenvalue weighted by molar-refractivity contribution is 0.215. The van der Waals surface area contributed by atoms with Gasteiger partial charge >= 0.3 is 6.09 Å². The molecule has 1 amide bonds. The maximum absolute atomic E-state index is 11.7. The molecule has 0 atom stereocenters. The summed E-state index contributed by atoms with van der Waals surface area (Å²) < 4.78 is 5.11. The van der Waals surface area contributed by atoms with Crippen LogP contribution in [-0.4, -0.2) is 6.09 Å². The van der Waals surface area contributed by atoms with E-state index < -0.39 is 6.09 Å². The van der Waals surface area contributed by atoms with Gasteiger partial charge in [0, 0.05) is 5.69 Å². The molecule has 2 aromatic carbocycles. The molecule has 0 saturated carbocycles. The summed E-state index contributed by atoms with van der Waals surface area (Å²) in [6, 6.07) is 15.9. The highest BCUT2D eigenvalue weighted by Gasteiger charge is 2.07. The van der Waals surface area contributed by atoms with Crippen LogP contribution in [0.2, 0.25) is 0 Å². The first-order chi connectivity index (χ1) is 9.19. The third-order valence-electron chi connectivity index (χ3n) is 2.55. The van der Waals surface area contributed by atoms with Crippen molar-refractivity contribution in [2.75, 3.05) is 5.32 Å². The molecule has 4 nitrogen and oxygen atoms in total. The van der Waals surface area contributed by atoms with Gasteiger partial charge in [-0.1, -0.05) is 18.2 Å². The molecule has 2 rings (SSSR count). The average Bonchev–Trinajstić information content (AvgIpc) is 2.42. The third kappa shape index (κ3) is 3.33. The number of benzene rings is 2. The zero-order valence-electron chi connectivity index (χ0n) is 10.4. The van der Waals surface area contributed by atoms with Crippen molar-refractivity contribution in [2.24, 2.45) is 0 Å². The number of carbonyl (C=O) groups excluding carboxylic acids is 1. The SMILES string of the molecule is Cc1cc(C#N)ccc1NC(=O)Oc1ccccc1. The van der Waals surface area contributed by atoms with E-state index in [1.165, 1.54) is 0 Å². The molecule has 0 aliphatic carbocycles. The minimum absolute atomic E-state index is 0.478. The van der Waals surface area contributed by atoms with Crippen LogP contribution in [0.25, 0.3) is 0 Å². The van der Waals surface area contributed by atoms with Crippen LogP contribution in [0.4, 0.5) is 10.5 Å². The second kappa shape index (κ2) is 5.69. The number of nitriles is 1. The van der Waals surface area contributed by atoms with Crippen LogP contribution >= 0.6 is 0 Å². The van der Waals surface area contributed by atoms with Gasteiger partial charge in [0.1, 0.15) is 5.75 Å². The molecule has 0 aromatic heterocycles. The van der Waals surface area contributed by atoms with Gasteiger partial charge in [-0.15, -0.1) is 0 Å². The van der Waals surface area contributed by atoms with Crippen molar-refractivity contribution in [3.05, 3.63) is 59.7 Å². The Bertz CT molecular complexity index is 630. The summed E-state index contributed by atoms with van der Waals surface area (Å²) in [5.41, 5.74) is 1.99. The number of rotatable bonds is 2. The number of para-hydroxylation sites is 1. The molecule has 0 fully saturated rings. The predicted molar refractivity (Wildman–Crippen MR) is 72.0 cm³/mol. The number of aryl methyl sites for hydroxylation is 1. The van der Waals surface area contributed by atoms with Gasteiger partial charge in [0.25, 0.3) is 0 Å². The monoisotopic (exact) mass is 252 g/mol. The molecule has 0 unspecified atom stereocenters. The highest BCUT2D eigenvalue weighted by Crippen LogP contribution is 2.17. The largest absolute Gasteiger partial charge is 0.417 e. The van der Waals surface area contributed by atoms with Crippen molar-refractivity contribution in [3.63, 3.8) is 0 Å². The lowest BCUT2D eigenvalue weighted by atomic mass is 10.1. The topological polar surface area (TPSA) is 62.1 Å². The molecule has 0 saturated heterocycles. The Labute approximate surface area is 111 Å². The molecule has 19 heavy (non-hydrogen) atoms. The number of carbonyl (C=O) groups is 1. The minimum Gasteiger partial charge on any atom is -0.410 e. The second-order valence-electron chi connectivity index (χ2n) is 3.97. The standard InChI is InChI=1S/C15H12N2O2/c1-11-9-12(10-16)7-8-14(11)17-15(18)19-13-5-3-2-4-6-13/h2-9H,1H3,(H,17,18). The second-order valence-corrected chi connectivity index (χ2v) is 3.97. The van der Waals surface area contributed by atoms with Crippen molar-refractivity contribution in [2.45, 2.75) is 6.92 Å². The molecule has 0 spiro atoms. The molecule has 1 N–H and O–H groups in total. The number of nitrogens with zero attached hydrogens (tertiary/aromatic N) is 1. The van der Waals surface area contributed by atoms with Gasteiger partial charge in [0.2, 0.25) is 0 Å². The maximum atomic E-state index is 11.7. The van der Waals surface area contributed by atoms with Gasteiger partial charge in [-0.3, -0.25) is 5.32 Å². The molecule has 0 aliphatic heterocycles. The highest BCUT2D eigenvalue weighted by molar-refractivity contribution is 5.87. The van der Waals surface area contributed by atoms with E-state index in [0.717, 1.165) is 5.56 Å². The molecular weight excluding hydrogens is 240 g/mol. The lowest BCUT2D eigenvalue weighted by Gasteiger charge is -2.09. The number of nitrogens with one attached hydrogen (secondary N) is 1. The van der Waals surface area contributed by atoms with E-state index in [1.807, 2.05) is 19.1 Å². The van der Waals surface area contributed by atoms with Crippen molar-refractivity contribution < 1.29 is 9.53 Å². The molecule has 2 aromatic rings. The van der Waals surface area contributed by atoms with Gasteiger partial charge in [0.05, 0.1) is 11.6 Å². The summed E-state index contributed by atoms with van der Waals surface area (Å²) in [6.45, 7) is 1.82. The molecule has 0 heterocycles. The Hall–Kier alpha value is -2.80. The Morgan fingerprint density at radius 2 is 1.95 bits per heavy atom. The van der Waals surface area contributed by atoms with Crippen LogP contribution in [-0.2, 0) is 0 Å². The molecule has 4 heteroatoms. The highest BCUT2D eigenvalue weighted by atomic mass is 16.6. The van der Waals surface area contributed by atoms with Gasteiger partial charge in [-0.2, -0.15) is 5.26 Å². The molecule has 94 valence electrons. The first kappa shape index (κ1) is 12.7. The summed E-state index contributed by atoms with van der Waals surface area (Å²) in [5.74, 6) is 0.478. The van der Waals surface area contributed by atoms with E-state index in [9.17, 15) is 4.79 Å². The van der Waals surface area contributed by atoms with E-state index in [1.54, 1.807) is 42.5 Å². The van der Waals surface area contributed by atoms with Crippen molar-refractivity contribution in [3.8, 4) is 11.8 Å². The van der Waals surface area contributed by atoms with E-state index in [4.69, 9.17) is 10.00 Å². The van der Waals surface area contributed by atoms with Crippen molar-refractivity contribution >= 4 is 11.8 Å². The number of amides is 1. The summed E-state index contributed by atoms with van der Waals surface area (Å²) in [4.78, 5) is 11.7. The zero-order valence-corrected chi connectivity index (χ0v) is 10.4. The third-order valence-corrected chi connectivity index (χ3v) is 2.55. The van der Waals surface area contributed by atoms with Gasteiger partial charge in [-0.25, -0.2) is 4.79 Å². The molecular formula is C15H12N2O2. The van der Waals surface area contributed by atoms with Gasteiger partial charge in [-0.05, 0) is 42.8 Å². The van der Waals surface area contributed by atoms with Crippen LogP contribution in [0, 0.1) is 18.3 Å². The number of ether oxygens (including phenoxy) is 1. The van der Waals surface area contributed by atoms with Crippen LogP contribution in [0.15, 0.2) is 48.5 Å². The maximum Gasteiger partial charge on any atom is 0.417 e. The molecule has 0 bridgehead atoms. The van der Waals surface area contributed by atoms with Crippen LogP contribution in [0.3, 0.4) is 0 Å². The van der Waals surface area contributed by atoms with Crippen LogP contribution in [0.5, 0.6) is 5.75 Å². The fraction of sp³-hybridized carbons (Fsp3) is 0.0667. The predicted octanol–water partition coefficient (Wildman–Crippen LogP) is 3.48. The average molecular weight is 252 g/mol. The first-order valence-corrected chi connectivity index (χ1v) is 5.73. The normalized spacial score (nSPS) is 9.47. The van der Waals surface area contributed by atoms with Crippen molar-refractivity contribution in [1.29, 1.82) is 5.26 Å². The van der Waals surface area contributed by atoms with Gasteiger partial charge < -0.3 is 4.74 Å². The summed E-state index contributed by atoms with van der Waals surface area (Å²) in [6.07, 6.45) is -0.556. The van der Waals surface area contributed by atoms with E-state index >= 15 is 0 Å². The Morgan fingerprint density at radius 3 is 2.58 bits per heavy atom. The van der Waals surface area contributed by atoms with E-state index in [-0.39, 0.29) is 0 Å². The number of hydrogen-bond donors (Lipinski definition) is 1. The van der Waals surface area contributed by atoms with Crippen LogP contribution in [0.1, 0.15) is 11.1 Å². The Kier molecular flexibility index (Phi) is 3.79. The number of anilines is 1.